The van der Waals surface area contributed by atoms with Crippen LogP contribution in [0.1, 0.15) is 43.7 Å². The quantitative estimate of drug-likeness (QED) is 0.0948. The molecule has 2 aromatic carbocycles. The van der Waals surface area contributed by atoms with Crippen molar-refractivity contribution >= 4 is 23.7 Å². The number of likely N-dealkylation sites (tertiary alicyclic amines) is 1. The maximum absolute atomic E-state index is 13.9. The Kier molecular flexibility index (Phi) is 12.0. The number of nitrogens with two attached hydrogens (primary N) is 2. The van der Waals surface area contributed by atoms with Crippen molar-refractivity contribution in [2.75, 3.05) is 19.6 Å². The molecule has 42 heavy (non-hydrogen) atoms. The number of hydrogen-bond donors (Lipinski definition) is 7. The van der Waals surface area contributed by atoms with Crippen LogP contribution in [0.4, 0.5) is 0 Å². The van der Waals surface area contributed by atoms with Gasteiger partial charge in [-0.05, 0) is 73.4 Å². The van der Waals surface area contributed by atoms with E-state index < -0.39 is 30.0 Å². The Balaban J connectivity index is 1.68. The van der Waals surface area contributed by atoms with Gasteiger partial charge in [0.15, 0.2) is 5.96 Å². The molecule has 0 aliphatic carbocycles. The molecule has 4 atom stereocenters. The van der Waals surface area contributed by atoms with Gasteiger partial charge in [-0.2, -0.15) is 0 Å². The van der Waals surface area contributed by atoms with Gasteiger partial charge in [0.05, 0.1) is 0 Å². The molecule has 3 rings (SSSR count). The zero-order chi connectivity index (χ0) is 30.6. The summed E-state index contributed by atoms with van der Waals surface area (Å²) in [6.45, 7) is 3.21. The number of aryl methyl sites for hydroxylation is 1. The molecular weight excluding hydrogens is 540 g/mol. The first-order valence-corrected chi connectivity index (χ1v) is 14.2. The number of benzene rings is 2. The van der Waals surface area contributed by atoms with E-state index in [0.717, 1.165) is 5.56 Å². The topological polar surface area (TPSA) is 204 Å². The number of aliphatic hydroxyl groups excluding tert-OH is 1. The average molecular weight is 583 g/mol. The summed E-state index contributed by atoms with van der Waals surface area (Å²) in [4.78, 5) is 45.4. The fourth-order valence-corrected chi connectivity index (χ4v) is 4.96. The highest BCUT2D eigenvalue weighted by Gasteiger charge is 2.40. The van der Waals surface area contributed by atoms with E-state index in [1.54, 1.807) is 36.4 Å². The van der Waals surface area contributed by atoms with Crippen LogP contribution in [-0.4, -0.2) is 81.7 Å². The van der Waals surface area contributed by atoms with Gasteiger partial charge in [-0.1, -0.05) is 31.2 Å². The van der Waals surface area contributed by atoms with Gasteiger partial charge in [0.1, 0.15) is 29.7 Å². The summed E-state index contributed by atoms with van der Waals surface area (Å²) in [5.74, 6) is -1.06. The maximum atomic E-state index is 13.9. The second kappa shape index (κ2) is 15.6. The third kappa shape index (κ3) is 9.95. The van der Waals surface area contributed by atoms with Crippen molar-refractivity contribution in [2.24, 2.45) is 22.4 Å². The average Bonchev–Trinajstić information content (AvgIpc) is 3.35. The summed E-state index contributed by atoms with van der Waals surface area (Å²) in [6.07, 6.45) is 1.08. The zero-order valence-electron chi connectivity index (χ0n) is 23.9. The van der Waals surface area contributed by atoms with Crippen molar-refractivity contribution in [3.63, 3.8) is 0 Å². The number of aliphatic hydroxyl groups is 1. The third-order valence-corrected chi connectivity index (χ3v) is 7.22. The normalized spacial score (nSPS) is 17.7. The first-order chi connectivity index (χ1) is 20.0. The summed E-state index contributed by atoms with van der Waals surface area (Å²) >= 11 is 0. The number of phenolic OH excluding ortho intramolecular Hbond substituents is 2. The number of nitrogens with zero attached hydrogens (tertiary/aromatic N) is 2. The fourth-order valence-electron chi connectivity index (χ4n) is 4.96. The Morgan fingerprint density at radius 1 is 1.00 bits per heavy atom. The number of unbranched alkanes of at least 4 members (excludes halogenated alkanes) is 1. The van der Waals surface area contributed by atoms with E-state index in [1.165, 1.54) is 17.0 Å². The number of carbonyl (C=O) groups is 3. The Morgan fingerprint density at radius 3 is 2.24 bits per heavy atom. The maximum Gasteiger partial charge on any atom is 0.249 e. The van der Waals surface area contributed by atoms with Gasteiger partial charge in [-0.25, -0.2) is 0 Å². The number of amides is 3. The Labute approximate surface area is 245 Å². The molecule has 9 N–H and O–H groups in total. The largest absolute Gasteiger partial charge is 0.508 e. The number of nitrogens with one attached hydrogen (secondary N) is 2. The van der Waals surface area contributed by atoms with Crippen LogP contribution in [0, 0.1) is 5.92 Å². The van der Waals surface area contributed by atoms with E-state index in [9.17, 15) is 29.7 Å². The zero-order valence-corrected chi connectivity index (χ0v) is 23.9. The molecule has 1 heterocycles. The van der Waals surface area contributed by atoms with E-state index in [1.807, 2.05) is 6.92 Å². The lowest BCUT2D eigenvalue weighted by atomic mass is 10.0. The molecule has 3 amide bonds. The minimum Gasteiger partial charge on any atom is -0.508 e. The molecule has 1 saturated heterocycles. The minimum atomic E-state index is -1.42. The predicted molar refractivity (Wildman–Crippen MR) is 158 cm³/mol. The summed E-state index contributed by atoms with van der Waals surface area (Å²) in [7, 11) is 0. The molecule has 0 aromatic heterocycles. The molecule has 1 fully saturated rings. The molecular formula is C30H42N6O6. The van der Waals surface area contributed by atoms with Crippen LogP contribution in [0.15, 0.2) is 53.5 Å². The number of guanidine groups is 1. The molecule has 0 bridgehead atoms. The van der Waals surface area contributed by atoms with Crippen LogP contribution in [0.25, 0.3) is 0 Å². The van der Waals surface area contributed by atoms with Crippen molar-refractivity contribution in [1.82, 2.24) is 15.5 Å². The summed E-state index contributed by atoms with van der Waals surface area (Å²) in [5.41, 5.74) is 12.2. The van der Waals surface area contributed by atoms with Crippen LogP contribution >= 0.6 is 0 Å². The van der Waals surface area contributed by atoms with Crippen molar-refractivity contribution in [2.45, 2.75) is 63.6 Å². The lowest BCUT2D eigenvalue weighted by Gasteiger charge is -2.29. The summed E-state index contributed by atoms with van der Waals surface area (Å²) in [5, 5.41) is 35.3. The van der Waals surface area contributed by atoms with Crippen LogP contribution in [0.5, 0.6) is 11.5 Å². The highest BCUT2D eigenvalue weighted by atomic mass is 16.3. The molecule has 0 saturated carbocycles. The second-order valence-corrected chi connectivity index (χ2v) is 10.8. The SMILES string of the molecule is CC1CC(C(=O)NCCCCN=C(N)N)N(C(=O)[C@H](CCc2ccc(O)cc2)NC(=O)[C@H](O)Cc2ccc(O)cc2)C1. The van der Waals surface area contributed by atoms with E-state index in [4.69, 9.17) is 11.5 Å². The first-order valence-electron chi connectivity index (χ1n) is 14.2. The predicted octanol–water partition coefficient (Wildman–Crippen LogP) is 0.526. The Morgan fingerprint density at radius 2 is 1.62 bits per heavy atom. The van der Waals surface area contributed by atoms with E-state index in [0.29, 0.717) is 50.9 Å². The lowest BCUT2D eigenvalue weighted by Crippen LogP contribution is -2.55. The van der Waals surface area contributed by atoms with E-state index in [-0.39, 0.29) is 42.1 Å². The molecule has 1 aliphatic rings. The lowest BCUT2D eigenvalue weighted by molar-refractivity contribution is -0.142. The molecule has 228 valence electrons. The molecule has 0 radical (unpaired) electrons. The van der Waals surface area contributed by atoms with Crippen LogP contribution in [-0.2, 0) is 27.2 Å². The van der Waals surface area contributed by atoms with Gasteiger partial charge in [-0.15, -0.1) is 0 Å². The summed E-state index contributed by atoms with van der Waals surface area (Å²) in [6, 6.07) is 11.0. The smallest absolute Gasteiger partial charge is 0.249 e. The van der Waals surface area contributed by atoms with Gasteiger partial charge >= 0.3 is 0 Å². The Bertz CT molecular complexity index is 1220. The van der Waals surface area contributed by atoms with Crippen molar-refractivity contribution in [3.05, 3.63) is 59.7 Å². The number of aromatic hydroxyl groups is 2. The molecule has 2 aromatic rings. The highest BCUT2D eigenvalue weighted by molar-refractivity contribution is 5.93. The van der Waals surface area contributed by atoms with Gasteiger partial charge in [0.2, 0.25) is 17.7 Å². The number of rotatable bonds is 14. The van der Waals surface area contributed by atoms with Gasteiger partial charge in [-0.3, -0.25) is 19.4 Å². The molecule has 0 spiro atoms. The summed E-state index contributed by atoms with van der Waals surface area (Å²) < 4.78 is 0. The number of aliphatic imine (C=N–C) groups is 1. The van der Waals surface area contributed by atoms with Crippen LogP contribution in [0.3, 0.4) is 0 Å². The molecule has 12 nitrogen and oxygen atoms in total. The Hall–Kier alpha value is -4.32. The minimum absolute atomic E-state index is 0.0000501. The van der Waals surface area contributed by atoms with Crippen molar-refractivity contribution in [1.29, 1.82) is 0 Å². The van der Waals surface area contributed by atoms with Crippen LogP contribution in [0.2, 0.25) is 0 Å². The monoisotopic (exact) mass is 582 g/mol. The van der Waals surface area contributed by atoms with E-state index >= 15 is 0 Å². The molecule has 2 unspecified atom stereocenters. The number of carbonyl (C=O) groups excluding carboxylic acids is 3. The number of phenols is 2. The number of hydrogen-bond acceptors (Lipinski definition) is 7. The molecule has 1 aliphatic heterocycles. The van der Waals surface area contributed by atoms with Gasteiger partial charge in [0.25, 0.3) is 0 Å². The second-order valence-electron chi connectivity index (χ2n) is 10.8. The third-order valence-electron chi connectivity index (χ3n) is 7.22. The molecule has 12 heteroatoms. The standard InChI is InChI=1S/C30H42N6O6/c1-19-16-25(27(40)33-14-2-3-15-34-30(31)32)36(18-19)29(42)24(13-8-20-4-9-22(37)10-5-20)35-28(41)26(39)17-21-6-11-23(38)12-7-21/h4-7,9-12,19,24-26,37-39H,2-3,8,13-18H2,1H3,(H,33,40)(H,35,41)(H4,31,32,34)/t19?,24-,25?,26+/m0/s1. The van der Waals surface area contributed by atoms with Gasteiger partial charge < -0.3 is 42.3 Å². The van der Waals surface area contributed by atoms with E-state index in [2.05, 4.69) is 15.6 Å². The van der Waals surface area contributed by atoms with Crippen molar-refractivity contribution < 1.29 is 29.7 Å². The van der Waals surface area contributed by atoms with Gasteiger partial charge in [0, 0.05) is 26.1 Å². The highest BCUT2D eigenvalue weighted by Crippen LogP contribution is 2.25. The van der Waals surface area contributed by atoms with Crippen LogP contribution < -0.4 is 22.1 Å². The fraction of sp³-hybridized carbons (Fsp3) is 0.467. The van der Waals surface area contributed by atoms with Crippen molar-refractivity contribution in [3.8, 4) is 11.5 Å². The first kappa shape index (κ1) is 32.2.